The highest BCUT2D eigenvalue weighted by Crippen LogP contribution is 2.29. The second-order valence-electron chi connectivity index (χ2n) is 4.02. The largest absolute Gasteiger partial charge is 0.573 e. The Labute approximate surface area is 116 Å². The zero-order valence-corrected chi connectivity index (χ0v) is 10.7. The molecule has 2 unspecified atom stereocenters. The highest BCUT2D eigenvalue weighted by molar-refractivity contribution is 5.69. The second kappa shape index (κ2) is 6.72. The van der Waals surface area contributed by atoms with E-state index >= 15 is 0 Å². The fourth-order valence-corrected chi connectivity index (χ4v) is 1.52. The van der Waals surface area contributed by atoms with Crippen LogP contribution in [0.15, 0.2) is 18.2 Å². The number of benzene rings is 1. The Morgan fingerprint density at radius 3 is 2.48 bits per heavy atom. The molecule has 2 atom stereocenters. The summed E-state index contributed by atoms with van der Waals surface area (Å²) in [5.41, 5.74) is -0.631. The molecule has 2 N–H and O–H groups in total. The molecule has 1 aromatic rings. The van der Waals surface area contributed by atoms with E-state index in [1.54, 1.807) is 0 Å². The fourth-order valence-electron chi connectivity index (χ4n) is 1.52. The zero-order chi connectivity index (χ0) is 16.2. The Bertz CT molecular complexity index is 503. The van der Waals surface area contributed by atoms with Crippen molar-refractivity contribution in [1.82, 2.24) is 0 Å². The number of carbonyl (C=O) groups excluding carboxylic acids is 1. The molecule has 0 radical (unpaired) electrons. The van der Waals surface area contributed by atoms with E-state index in [0.717, 1.165) is 7.11 Å². The van der Waals surface area contributed by atoms with Gasteiger partial charge in [-0.05, 0) is 18.2 Å². The van der Waals surface area contributed by atoms with E-state index in [-0.39, 0.29) is 0 Å². The van der Waals surface area contributed by atoms with Crippen molar-refractivity contribution in [2.75, 3.05) is 7.11 Å². The molecule has 1 aromatic carbocycles. The van der Waals surface area contributed by atoms with E-state index in [1.165, 1.54) is 0 Å². The smallest absolute Gasteiger partial charge is 0.469 e. The van der Waals surface area contributed by atoms with Crippen LogP contribution in [0.1, 0.15) is 18.1 Å². The first-order valence-corrected chi connectivity index (χ1v) is 5.62. The summed E-state index contributed by atoms with van der Waals surface area (Å²) in [5.74, 6) is -2.69. The third-order valence-corrected chi connectivity index (χ3v) is 2.49. The monoisotopic (exact) mass is 312 g/mol. The summed E-state index contributed by atoms with van der Waals surface area (Å²) in [7, 11) is 1.04. The summed E-state index contributed by atoms with van der Waals surface area (Å²) in [4.78, 5) is 10.9. The zero-order valence-electron chi connectivity index (χ0n) is 10.7. The summed E-state index contributed by atoms with van der Waals surface area (Å²) in [6.45, 7) is 0. The maximum Gasteiger partial charge on any atom is 0.573 e. The van der Waals surface area contributed by atoms with Crippen molar-refractivity contribution in [3.05, 3.63) is 29.6 Å². The molecule has 0 saturated heterocycles. The molecule has 0 amide bonds. The number of halogens is 4. The molecule has 0 saturated carbocycles. The van der Waals surface area contributed by atoms with Gasteiger partial charge in [0.15, 0.2) is 0 Å². The van der Waals surface area contributed by atoms with Crippen LogP contribution in [0, 0.1) is 5.82 Å². The van der Waals surface area contributed by atoms with E-state index in [4.69, 9.17) is 0 Å². The predicted octanol–water partition coefficient (Wildman–Crippen LogP) is 1.68. The Hall–Kier alpha value is -1.87. The first kappa shape index (κ1) is 17.2. The Morgan fingerprint density at radius 1 is 1.33 bits per heavy atom. The van der Waals surface area contributed by atoms with E-state index in [9.17, 15) is 32.6 Å². The number of carbonyl (C=O) groups is 1. The van der Waals surface area contributed by atoms with Crippen molar-refractivity contribution in [3.63, 3.8) is 0 Å². The first-order valence-electron chi connectivity index (χ1n) is 5.62. The summed E-state index contributed by atoms with van der Waals surface area (Å²) in [6.07, 6.45) is -9.29. The Kier molecular flexibility index (Phi) is 5.50. The third kappa shape index (κ3) is 5.20. The normalized spacial score (nSPS) is 14.4. The van der Waals surface area contributed by atoms with E-state index < -0.39 is 48.1 Å². The molecule has 0 aliphatic heterocycles. The second-order valence-corrected chi connectivity index (χ2v) is 4.02. The minimum atomic E-state index is -4.98. The first-order chi connectivity index (χ1) is 9.64. The van der Waals surface area contributed by atoms with Gasteiger partial charge in [0, 0.05) is 5.56 Å². The quantitative estimate of drug-likeness (QED) is 0.639. The maximum atomic E-state index is 13.5. The van der Waals surface area contributed by atoms with Crippen molar-refractivity contribution >= 4 is 5.97 Å². The van der Waals surface area contributed by atoms with E-state index in [2.05, 4.69) is 9.47 Å². The molecule has 0 bridgehead atoms. The molecule has 118 valence electrons. The molecule has 0 aliphatic carbocycles. The number of aliphatic hydroxyl groups is 2. The highest BCUT2D eigenvalue weighted by Gasteiger charge is 2.32. The van der Waals surface area contributed by atoms with Crippen LogP contribution >= 0.6 is 0 Å². The van der Waals surface area contributed by atoms with Crippen molar-refractivity contribution in [1.29, 1.82) is 0 Å². The van der Waals surface area contributed by atoms with E-state index in [0.29, 0.717) is 18.2 Å². The number of alkyl halides is 3. The predicted molar refractivity (Wildman–Crippen MR) is 60.7 cm³/mol. The lowest BCUT2D eigenvalue weighted by Crippen LogP contribution is -2.24. The number of ether oxygens (including phenoxy) is 2. The summed E-state index contributed by atoms with van der Waals surface area (Å²) < 4.78 is 57.5. The minimum Gasteiger partial charge on any atom is -0.469 e. The van der Waals surface area contributed by atoms with Gasteiger partial charge in [0.2, 0.25) is 0 Å². The Morgan fingerprint density at radius 2 is 1.95 bits per heavy atom. The molecule has 0 heterocycles. The average molecular weight is 312 g/mol. The number of rotatable bonds is 5. The molecule has 9 heteroatoms. The molecule has 0 spiro atoms. The fraction of sp³-hybridized carbons (Fsp3) is 0.417. The number of esters is 1. The van der Waals surface area contributed by atoms with Gasteiger partial charge in [0.25, 0.3) is 0 Å². The van der Waals surface area contributed by atoms with Gasteiger partial charge in [0.05, 0.1) is 19.6 Å². The van der Waals surface area contributed by atoms with E-state index in [1.807, 2.05) is 0 Å². The van der Waals surface area contributed by atoms with Crippen LogP contribution in [-0.4, -0.2) is 35.8 Å². The van der Waals surface area contributed by atoms with Crippen LogP contribution in [0.2, 0.25) is 0 Å². The van der Waals surface area contributed by atoms with Crippen LogP contribution in [0.4, 0.5) is 17.6 Å². The lowest BCUT2D eigenvalue weighted by Gasteiger charge is -2.19. The molecule has 0 aliphatic rings. The number of aliphatic hydroxyl groups excluding tert-OH is 2. The number of methoxy groups -OCH3 is 1. The van der Waals surface area contributed by atoms with Crippen LogP contribution in [-0.2, 0) is 9.53 Å². The summed E-state index contributed by atoms with van der Waals surface area (Å²) >= 11 is 0. The van der Waals surface area contributed by atoms with Crippen LogP contribution < -0.4 is 4.74 Å². The molecule has 0 aromatic heterocycles. The average Bonchev–Trinajstić information content (AvgIpc) is 2.38. The molecule has 5 nitrogen and oxygen atoms in total. The van der Waals surface area contributed by atoms with Gasteiger partial charge in [-0.2, -0.15) is 0 Å². The lowest BCUT2D eigenvalue weighted by molar-refractivity contribution is -0.274. The maximum absolute atomic E-state index is 13.5. The van der Waals surface area contributed by atoms with Gasteiger partial charge in [-0.15, -0.1) is 13.2 Å². The summed E-state index contributed by atoms with van der Waals surface area (Å²) in [6, 6.07) is 1.95. The van der Waals surface area contributed by atoms with Crippen molar-refractivity contribution in [2.24, 2.45) is 0 Å². The van der Waals surface area contributed by atoms with Crippen molar-refractivity contribution in [2.45, 2.75) is 25.0 Å². The van der Waals surface area contributed by atoms with Crippen molar-refractivity contribution in [3.8, 4) is 5.75 Å². The van der Waals surface area contributed by atoms with Crippen LogP contribution in [0.3, 0.4) is 0 Å². The topological polar surface area (TPSA) is 76.0 Å². The third-order valence-electron chi connectivity index (χ3n) is 2.49. The molecule has 1 rings (SSSR count). The molecular weight excluding hydrogens is 300 g/mol. The molecular formula is C12H12F4O5. The van der Waals surface area contributed by atoms with Gasteiger partial charge in [-0.1, -0.05) is 0 Å². The van der Waals surface area contributed by atoms with Gasteiger partial charge in [0.1, 0.15) is 17.7 Å². The summed E-state index contributed by atoms with van der Waals surface area (Å²) in [5, 5.41) is 19.2. The van der Waals surface area contributed by atoms with Gasteiger partial charge in [-0.25, -0.2) is 4.39 Å². The highest BCUT2D eigenvalue weighted by atomic mass is 19.4. The SMILES string of the molecule is COC(=O)CC(O)C(O)c1cc(OC(F)(F)F)ccc1F. The van der Waals surface area contributed by atoms with Gasteiger partial charge in [-0.3, -0.25) is 4.79 Å². The number of hydrogen-bond donors (Lipinski definition) is 2. The van der Waals surface area contributed by atoms with Crippen LogP contribution in [0.5, 0.6) is 5.75 Å². The molecule has 21 heavy (non-hydrogen) atoms. The molecule has 0 fully saturated rings. The van der Waals surface area contributed by atoms with Gasteiger partial charge >= 0.3 is 12.3 Å². The van der Waals surface area contributed by atoms with Gasteiger partial charge < -0.3 is 19.7 Å². The minimum absolute atomic E-state index is 0.591. The standard InChI is InChI=1S/C12H12F4O5/c1-20-10(18)5-9(17)11(19)7-4-6(2-3-8(7)13)21-12(14,15)16/h2-4,9,11,17,19H,5H2,1H3. The van der Waals surface area contributed by atoms with Crippen LogP contribution in [0.25, 0.3) is 0 Å². The lowest BCUT2D eigenvalue weighted by atomic mass is 10.0. The number of hydrogen-bond acceptors (Lipinski definition) is 5. The van der Waals surface area contributed by atoms with Crippen molar-refractivity contribution < 1.29 is 42.0 Å². The Balaban J connectivity index is 2.95.